The van der Waals surface area contributed by atoms with E-state index in [0.717, 1.165) is 11.3 Å². The molecule has 24 heavy (non-hydrogen) atoms. The molecule has 0 radical (unpaired) electrons. The monoisotopic (exact) mass is 318 g/mol. The second-order valence-electron chi connectivity index (χ2n) is 5.63. The molecule has 1 aromatic heterocycles. The van der Waals surface area contributed by atoms with Crippen molar-refractivity contribution in [2.24, 2.45) is 7.05 Å². The van der Waals surface area contributed by atoms with Crippen LogP contribution in [0.2, 0.25) is 0 Å². The van der Waals surface area contributed by atoms with Crippen LogP contribution in [0.15, 0.2) is 48.5 Å². The standard InChI is InChI=1S/C19H14N2O3/c1-21-17-15(16(20-21)11-7-9-12(24-2)10-8-11)18(22)13-5-3-4-6-14(13)19(17)23/h3-10H,1-2H3. The summed E-state index contributed by atoms with van der Waals surface area (Å²) in [5, 5.41) is 4.44. The van der Waals surface area contributed by atoms with E-state index in [-0.39, 0.29) is 11.6 Å². The lowest BCUT2D eigenvalue weighted by Gasteiger charge is -2.15. The summed E-state index contributed by atoms with van der Waals surface area (Å²) >= 11 is 0. The molecule has 5 heteroatoms. The fourth-order valence-electron chi connectivity index (χ4n) is 3.09. The average Bonchev–Trinajstić information content (AvgIpc) is 2.97. The lowest BCUT2D eigenvalue weighted by molar-refractivity contribution is 0.0974. The lowest BCUT2D eigenvalue weighted by Crippen LogP contribution is -2.22. The SMILES string of the molecule is COc1ccc(-c2nn(C)c3c2C(=O)c2ccccc2C3=O)cc1. The van der Waals surface area contributed by atoms with Gasteiger partial charge in [0.2, 0.25) is 5.78 Å². The van der Waals surface area contributed by atoms with Gasteiger partial charge in [-0.2, -0.15) is 5.10 Å². The Morgan fingerprint density at radius 1 is 0.917 bits per heavy atom. The van der Waals surface area contributed by atoms with Crippen molar-refractivity contribution in [1.29, 1.82) is 0 Å². The van der Waals surface area contributed by atoms with Crippen molar-refractivity contribution < 1.29 is 14.3 Å². The lowest BCUT2D eigenvalue weighted by atomic mass is 9.86. The maximum atomic E-state index is 13.0. The van der Waals surface area contributed by atoms with Gasteiger partial charge in [-0.15, -0.1) is 0 Å². The molecule has 0 amide bonds. The molecular formula is C19H14N2O3. The minimum atomic E-state index is -0.171. The molecule has 0 atom stereocenters. The van der Waals surface area contributed by atoms with Crippen molar-refractivity contribution >= 4 is 11.6 Å². The molecule has 0 N–H and O–H groups in total. The predicted molar refractivity (Wildman–Crippen MR) is 88.5 cm³/mol. The molecule has 5 nitrogen and oxygen atoms in total. The van der Waals surface area contributed by atoms with E-state index >= 15 is 0 Å². The number of carbonyl (C=O) groups excluding carboxylic acids is 2. The molecule has 0 fully saturated rings. The summed E-state index contributed by atoms with van der Waals surface area (Å²) in [6.07, 6.45) is 0. The van der Waals surface area contributed by atoms with Gasteiger partial charge < -0.3 is 4.74 Å². The van der Waals surface area contributed by atoms with Gasteiger partial charge >= 0.3 is 0 Å². The van der Waals surface area contributed by atoms with E-state index in [1.165, 1.54) is 4.68 Å². The number of ketones is 2. The zero-order chi connectivity index (χ0) is 16.8. The van der Waals surface area contributed by atoms with Crippen LogP contribution in [0.3, 0.4) is 0 Å². The van der Waals surface area contributed by atoms with Gasteiger partial charge in [0.05, 0.1) is 12.7 Å². The van der Waals surface area contributed by atoms with Crippen LogP contribution in [0.5, 0.6) is 5.75 Å². The van der Waals surface area contributed by atoms with Crippen molar-refractivity contribution in [3.05, 3.63) is 70.9 Å². The van der Waals surface area contributed by atoms with Crippen LogP contribution in [-0.4, -0.2) is 28.5 Å². The second-order valence-corrected chi connectivity index (χ2v) is 5.63. The van der Waals surface area contributed by atoms with Crippen LogP contribution < -0.4 is 4.74 Å². The molecule has 4 rings (SSSR count). The van der Waals surface area contributed by atoms with Crippen LogP contribution in [-0.2, 0) is 7.05 Å². The third kappa shape index (κ3) is 1.91. The zero-order valence-corrected chi connectivity index (χ0v) is 13.2. The topological polar surface area (TPSA) is 61.2 Å². The quantitative estimate of drug-likeness (QED) is 0.570. The Morgan fingerprint density at radius 3 is 2.17 bits per heavy atom. The Balaban J connectivity index is 1.94. The molecule has 118 valence electrons. The van der Waals surface area contributed by atoms with Crippen LogP contribution in [0.1, 0.15) is 32.0 Å². The minimum absolute atomic E-state index is 0.167. The van der Waals surface area contributed by atoms with Crippen molar-refractivity contribution in [3.8, 4) is 17.0 Å². The summed E-state index contributed by atoms with van der Waals surface area (Å²) in [4.78, 5) is 25.7. The molecule has 0 saturated heterocycles. The summed E-state index contributed by atoms with van der Waals surface area (Å²) in [7, 11) is 3.28. The van der Waals surface area contributed by atoms with Crippen LogP contribution in [0, 0.1) is 0 Å². The Kier molecular flexibility index (Phi) is 3.09. The van der Waals surface area contributed by atoms with Gasteiger partial charge in [-0.05, 0) is 24.3 Å². The number of hydrogen-bond acceptors (Lipinski definition) is 4. The third-order valence-electron chi connectivity index (χ3n) is 4.27. The van der Waals surface area contributed by atoms with Gasteiger partial charge in [-0.25, -0.2) is 0 Å². The van der Waals surface area contributed by atoms with Gasteiger partial charge in [0.25, 0.3) is 0 Å². The maximum absolute atomic E-state index is 13.0. The van der Waals surface area contributed by atoms with Crippen molar-refractivity contribution in [1.82, 2.24) is 9.78 Å². The molecule has 2 aromatic carbocycles. The van der Waals surface area contributed by atoms with Crippen molar-refractivity contribution in [3.63, 3.8) is 0 Å². The van der Waals surface area contributed by atoms with E-state index in [4.69, 9.17) is 4.74 Å². The molecule has 0 saturated carbocycles. The van der Waals surface area contributed by atoms with Gasteiger partial charge in [-0.3, -0.25) is 14.3 Å². The molecule has 0 bridgehead atoms. The highest BCUT2D eigenvalue weighted by atomic mass is 16.5. The highest BCUT2D eigenvalue weighted by molar-refractivity contribution is 6.29. The third-order valence-corrected chi connectivity index (χ3v) is 4.27. The first-order valence-electron chi connectivity index (χ1n) is 7.51. The number of fused-ring (bicyclic) bond motifs is 2. The first-order valence-corrected chi connectivity index (χ1v) is 7.51. The molecule has 0 spiro atoms. The van der Waals surface area contributed by atoms with Gasteiger partial charge in [0, 0.05) is 23.7 Å². The Labute approximate surface area is 138 Å². The van der Waals surface area contributed by atoms with E-state index in [1.807, 2.05) is 12.1 Å². The molecule has 0 aliphatic heterocycles. The molecule has 3 aromatic rings. The highest BCUT2D eigenvalue weighted by Crippen LogP contribution is 2.34. The highest BCUT2D eigenvalue weighted by Gasteiger charge is 2.35. The summed E-state index contributed by atoms with van der Waals surface area (Å²) in [6.45, 7) is 0. The van der Waals surface area contributed by atoms with Crippen molar-refractivity contribution in [2.45, 2.75) is 0 Å². The first kappa shape index (κ1) is 14.4. The van der Waals surface area contributed by atoms with E-state index in [1.54, 1.807) is 50.6 Å². The van der Waals surface area contributed by atoms with Crippen molar-refractivity contribution in [2.75, 3.05) is 7.11 Å². The summed E-state index contributed by atoms with van der Waals surface area (Å²) in [5.74, 6) is 0.380. The molecule has 0 unspecified atom stereocenters. The van der Waals surface area contributed by atoms with Crippen LogP contribution in [0.4, 0.5) is 0 Å². The van der Waals surface area contributed by atoms with Gasteiger partial charge in [0.15, 0.2) is 5.78 Å². The summed E-state index contributed by atoms with van der Waals surface area (Å²) in [6, 6.07) is 14.2. The Morgan fingerprint density at radius 2 is 1.54 bits per heavy atom. The first-order chi connectivity index (χ1) is 11.6. The number of carbonyl (C=O) groups is 2. The molecule has 1 heterocycles. The molecular weight excluding hydrogens is 304 g/mol. The number of ether oxygens (including phenoxy) is 1. The second kappa shape index (κ2) is 5.16. The van der Waals surface area contributed by atoms with E-state index in [0.29, 0.717) is 28.1 Å². The summed E-state index contributed by atoms with van der Waals surface area (Å²) < 4.78 is 6.65. The smallest absolute Gasteiger partial charge is 0.212 e. The Hall–Kier alpha value is -3.21. The fraction of sp³-hybridized carbons (Fsp3) is 0.105. The number of rotatable bonds is 2. The van der Waals surface area contributed by atoms with Crippen LogP contribution in [0.25, 0.3) is 11.3 Å². The summed E-state index contributed by atoms with van der Waals surface area (Å²) in [5.41, 5.74) is 2.85. The molecule has 1 aliphatic carbocycles. The van der Waals surface area contributed by atoms with Crippen LogP contribution >= 0.6 is 0 Å². The number of methoxy groups -OCH3 is 1. The predicted octanol–water partition coefficient (Wildman–Crippen LogP) is 2.87. The number of aromatic nitrogens is 2. The van der Waals surface area contributed by atoms with Gasteiger partial charge in [-0.1, -0.05) is 24.3 Å². The zero-order valence-electron chi connectivity index (χ0n) is 13.2. The largest absolute Gasteiger partial charge is 0.497 e. The normalized spacial score (nSPS) is 12.8. The van der Waals surface area contributed by atoms with E-state index in [2.05, 4.69) is 5.10 Å². The number of nitrogens with zero attached hydrogens (tertiary/aromatic N) is 2. The molecule has 1 aliphatic rings. The number of aryl methyl sites for hydroxylation is 1. The number of hydrogen-bond donors (Lipinski definition) is 0. The average molecular weight is 318 g/mol. The van der Waals surface area contributed by atoms with Gasteiger partial charge in [0.1, 0.15) is 17.1 Å². The fourth-order valence-corrected chi connectivity index (χ4v) is 3.09. The van der Waals surface area contributed by atoms with E-state index < -0.39 is 0 Å². The Bertz CT molecular complexity index is 984. The number of benzene rings is 2. The minimum Gasteiger partial charge on any atom is -0.497 e. The maximum Gasteiger partial charge on any atom is 0.212 e. The van der Waals surface area contributed by atoms with E-state index in [9.17, 15) is 9.59 Å².